The van der Waals surface area contributed by atoms with Crippen molar-refractivity contribution in [2.45, 2.75) is 19.0 Å². The molecule has 1 saturated carbocycles. The van der Waals surface area contributed by atoms with E-state index in [4.69, 9.17) is 4.79 Å². The van der Waals surface area contributed by atoms with Gasteiger partial charge in [-0.2, -0.15) is 13.2 Å². The maximum atomic E-state index is 11.2. The third-order valence-corrected chi connectivity index (χ3v) is 1.04. The molecule has 0 amide bonds. The number of alkyl halides is 3. The van der Waals surface area contributed by atoms with Gasteiger partial charge in [0, 0.05) is 0 Å². The fraction of sp³-hybridized carbons (Fsp3) is 0.800. The first-order chi connectivity index (χ1) is 4.52. The standard InChI is InChI=1S/C4H5F3.CHClO/c5-4(6,7)3-1-2-3;2-1-3/h3H,1-2H2;1H. The van der Waals surface area contributed by atoms with E-state index in [-0.39, 0.29) is 5.75 Å². The second-order valence-electron chi connectivity index (χ2n) is 1.90. The van der Waals surface area contributed by atoms with Crippen LogP contribution in [-0.2, 0) is 4.79 Å². The minimum absolute atomic E-state index is 0.222. The SMILES string of the molecule is FC(F)(F)C1CC1.O=CCl. The third kappa shape index (κ3) is 4.61. The van der Waals surface area contributed by atoms with Crippen molar-refractivity contribution in [2.75, 3.05) is 0 Å². The number of hydrogen-bond donors (Lipinski definition) is 0. The molecule has 0 aromatic heterocycles. The fourth-order valence-corrected chi connectivity index (χ4v) is 0.411. The van der Waals surface area contributed by atoms with Crippen molar-refractivity contribution in [3.63, 3.8) is 0 Å². The van der Waals surface area contributed by atoms with E-state index in [1.54, 1.807) is 0 Å². The number of rotatable bonds is 0. The lowest BCUT2D eigenvalue weighted by molar-refractivity contribution is -0.147. The Morgan fingerprint density at radius 2 is 1.70 bits per heavy atom. The van der Waals surface area contributed by atoms with Crippen molar-refractivity contribution in [2.24, 2.45) is 5.92 Å². The highest BCUT2D eigenvalue weighted by atomic mass is 35.5. The van der Waals surface area contributed by atoms with Crippen LogP contribution in [0.25, 0.3) is 0 Å². The summed E-state index contributed by atoms with van der Waals surface area (Å²) < 4.78 is 33.7. The van der Waals surface area contributed by atoms with Crippen molar-refractivity contribution in [3.05, 3.63) is 0 Å². The summed E-state index contributed by atoms with van der Waals surface area (Å²) in [6, 6.07) is 0. The van der Waals surface area contributed by atoms with Gasteiger partial charge in [-0.3, -0.25) is 4.79 Å². The summed E-state index contributed by atoms with van der Waals surface area (Å²) in [6.45, 7) is 0. The maximum absolute atomic E-state index is 11.2. The van der Waals surface area contributed by atoms with E-state index in [0.717, 1.165) is 0 Å². The van der Waals surface area contributed by atoms with Gasteiger partial charge in [0.1, 0.15) is 0 Å². The van der Waals surface area contributed by atoms with Crippen molar-refractivity contribution in [1.82, 2.24) is 0 Å². The Balaban J connectivity index is 0.000000236. The van der Waals surface area contributed by atoms with E-state index in [2.05, 4.69) is 11.6 Å². The monoisotopic (exact) mass is 174 g/mol. The van der Waals surface area contributed by atoms with Crippen LogP contribution in [0.1, 0.15) is 12.8 Å². The van der Waals surface area contributed by atoms with Gasteiger partial charge in [0.15, 0.2) is 0 Å². The van der Waals surface area contributed by atoms with Crippen molar-refractivity contribution >= 4 is 17.3 Å². The average Bonchev–Trinajstić information content (AvgIpc) is 2.40. The molecule has 1 rings (SSSR count). The van der Waals surface area contributed by atoms with Gasteiger partial charge in [-0.25, -0.2) is 0 Å². The molecular formula is C5H6ClF3O. The summed E-state index contributed by atoms with van der Waals surface area (Å²) in [4.78, 5) is 8.57. The Morgan fingerprint density at radius 1 is 1.40 bits per heavy atom. The van der Waals surface area contributed by atoms with Gasteiger partial charge < -0.3 is 0 Å². The number of carbonyl (C=O) groups is 1. The molecule has 0 heterocycles. The molecule has 0 aromatic rings. The highest BCUT2D eigenvalue weighted by Crippen LogP contribution is 2.43. The van der Waals surface area contributed by atoms with Gasteiger partial charge in [0.25, 0.3) is 0 Å². The van der Waals surface area contributed by atoms with Crippen LogP contribution in [0.15, 0.2) is 0 Å². The zero-order chi connectivity index (χ0) is 8.20. The lowest BCUT2D eigenvalue weighted by atomic mass is 10.4. The van der Waals surface area contributed by atoms with Gasteiger partial charge >= 0.3 is 6.18 Å². The minimum atomic E-state index is -3.89. The Morgan fingerprint density at radius 3 is 1.70 bits per heavy atom. The predicted molar refractivity (Wildman–Crippen MR) is 31.4 cm³/mol. The third-order valence-electron chi connectivity index (χ3n) is 1.04. The summed E-state index contributed by atoms with van der Waals surface area (Å²) in [5.41, 5.74) is 0. The molecule has 10 heavy (non-hydrogen) atoms. The second kappa shape index (κ2) is 3.81. The summed E-state index contributed by atoms with van der Waals surface area (Å²) in [7, 11) is 0. The van der Waals surface area contributed by atoms with Crippen molar-refractivity contribution < 1.29 is 18.0 Å². The number of halogens is 4. The van der Waals surface area contributed by atoms with Gasteiger partial charge in [-0.15, -0.1) is 0 Å². The predicted octanol–water partition coefficient (Wildman–Crippen LogP) is 2.37. The van der Waals surface area contributed by atoms with Crippen LogP contribution < -0.4 is 0 Å². The molecule has 0 unspecified atom stereocenters. The lowest BCUT2D eigenvalue weighted by Crippen LogP contribution is -2.08. The minimum Gasteiger partial charge on any atom is -0.285 e. The summed E-state index contributed by atoms with van der Waals surface area (Å²) in [5.74, 6) is -0.729. The van der Waals surface area contributed by atoms with E-state index in [9.17, 15) is 13.2 Å². The van der Waals surface area contributed by atoms with Crippen LogP contribution in [0.4, 0.5) is 13.2 Å². The fourth-order valence-electron chi connectivity index (χ4n) is 0.411. The quantitative estimate of drug-likeness (QED) is 0.407. The molecule has 1 aliphatic carbocycles. The average molecular weight is 175 g/mol. The van der Waals surface area contributed by atoms with E-state index in [1.807, 2.05) is 0 Å². The topological polar surface area (TPSA) is 17.1 Å². The zero-order valence-electron chi connectivity index (χ0n) is 4.99. The first-order valence-corrected chi connectivity index (χ1v) is 3.06. The first-order valence-electron chi connectivity index (χ1n) is 2.63. The normalized spacial score (nSPS) is 17.2. The van der Waals surface area contributed by atoms with Crippen molar-refractivity contribution in [3.8, 4) is 0 Å². The van der Waals surface area contributed by atoms with E-state index in [1.165, 1.54) is 0 Å². The van der Waals surface area contributed by atoms with E-state index >= 15 is 0 Å². The lowest BCUT2D eigenvalue weighted by Gasteiger charge is -1.99. The molecule has 0 radical (unpaired) electrons. The summed E-state index contributed by atoms with van der Waals surface area (Å²) >= 11 is 4.32. The molecule has 0 aliphatic heterocycles. The molecule has 0 N–H and O–H groups in total. The molecule has 0 aromatic carbocycles. The molecular weight excluding hydrogens is 169 g/mol. The van der Waals surface area contributed by atoms with Crippen LogP contribution in [0.2, 0.25) is 0 Å². The molecule has 1 aliphatic rings. The Kier molecular flexibility index (Phi) is 3.71. The smallest absolute Gasteiger partial charge is 0.285 e. The van der Waals surface area contributed by atoms with Gasteiger partial charge in [-0.1, -0.05) is 0 Å². The Labute approximate surface area is 61.2 Å². The molecule has 0 bridgehead atoms. The number of hydrogen-bond acceptors (Lipinski definition) is 1. The highest BCUT2D eigenvalue weighted by molar-refractivity contribution is 6.54. The second-order valence-corrected chi connectivity index (χ2v) is 2.08. The molecule has 1 nitrogen and oxygen atoms in total. The van der Waals surface area contributed by atoms with E-state index < -0.39 is 12.1 Å². The van der Waals surface area contributed by atoms with E-state index in [0.29, 0.717) is 12.8 Å². The molecule has 5 heteroatoms. The number of carbonyl (C=O) groups excluding carboxylic acids is 1. The van der Waals surface area contributed by atoms with Crippen LogP contribution in [0, 0.1) is 5.92 Å². The summed E-state index contributed by atoms with van der Waals surface area (Å²) in [5, 5.41) is 0. The van der Waals surface area contributed by atoms with Crippen LogP contribution in [0.5, 0.6) is 0 Å². The van der Waals surface area contributed by atoms with Gasteiger partial charge in [0.05, 0.1) is 5.92 Å². The van der Waals surface area contributed by atoms with Crippen LogP contribution in [-0.4, -0.2) is 11.9 Å². The van der Waals surface area contributed by atoms with Gasteiger partial charge in [-0.05, 0) is 24.4 Å². The largest absolute Gasteiger partial charge is 0.391 e. The van der Waals surface area contributed by atoms with Crippen molar-refractivity contribution in [1.29, 1.82) is 0 Å². The molecule has 0 saturated heterocycles. The first kappa shape index (κ1) is 9.75. The van der Waals surface area contributed by atoms with Gasteiger partial charge in [0.2, 0.25) is 5.75 Å². The maximum Gasteiger partial charge on any atom is 0.391 e. The summed E-state index contributed by atoms with van der Waals surface area (Å²) in [6.07, 6.45) is -3.19. The Hall–Kier alpha value is -0.250. The molecule has 60 valence electrons. The zero-order valence-corrected chi connectivity index (χ0v) is 5.74. The van der Waals surface area contributed by atoms with Crippen LogP contribution in [0.3, 0.4) is 0 Å². The van der Waals surface area contributed by atoms with Crippen LogP contribution >= 0.6 is 11.6 Å². The highest BCUT2D eigenvalue weighted by Gasteiger charge is 2.46. The molecule has 0 spiro atoms. The molecule has 1 fully saturated rings. The molecule has 0 atom stereocenters. The Bertz CT molecular complexity index is 108.